The Bertz CT molecular complexity index is 375. The number of piperidine rings is 1. The lowest BCUT2D eigenvalue weighted by molar-refractivity contribution is 0.203. The van der Waals surface area contributed by atoms with Crippen LogP contribution in [0.2, 0.25) is 0 Å². The molecule has 0 amide bonds. The first kappa shape index (κ1) is 13.3. The molecule has 2 rings (SSSR count). The van der Waals surface area contributed by atoms with Crippen molar-refractivity contribution in [3.63, 3.8) is 0 Å². The molecule has 0 radical (unpaired) electrons. The first-order valence-corrected chi connectivity index (χ1v) is 6.87. The van der Waals surface area contributed by atoms with Crippen molar-refractivity contribution in [2.24, 2.45) is 0 Å². The van der Waals surface area contributed by atoms with Crippen molar-refractivity contribution in [3.8, 4) is 5.75 Å². The molecule has 100 valence electrons. The minimum atomic E-state index is -0.265. The maximum Gasteiger partial charge on any atom is 0.165 e. The third-order valence-corrected chi connectivity index (χ3v) is 3.41. The third-order valence-electron chi connectivity index (χ3n) is 3.41. The summed E-state index contributed by atoms with van der Waals surface area (Å²) in [6.07, 6.45) is 4.95. The van der Waals surface area contributed by atoms with E-state index in [2.05, 4.69) is 4.90 Å². The summed E-state index contributed by atoms with van der Waals surface area (Å²) >= 11 is 0. The molecule has 1 heterocycles. The van der Waals surface area contributed by atoms with E-state index in [1.807, 2.05) is 6.92 Å². The molecule has 1 aromatic rings. The summed E-state index contributed by atoms with van der Waals surface area (Å²) in [6.45, 7) is 6.02. The van der Waals surface area contributed by atoms with Gasteiger partial charge in [0.25, 0.3) is 0 Å². The van der Waals surface area contributed by atoms with Gasteiger partial charge in [0, 0.05) is 6.54 Å². The summed E-state index contributed by atoms with van der Waals surface area (Å²) in [7, 11) is 0. The Morgan fingerprint density at radius 3 is 2.78 bits per heavy atom. The van der Waals surface area contributed by atoms with Crippen LogP contribution in [-0.4, -0.2) is 31.1 Å². The average Bonchev–Trinajstić information content (AvgIpc) is 2.40. The van der Waals surface area contributed by atoms with Crippen LogP contribution in [0.15, 0.2) is 18.2 Å². The van der Waals surface area contributed by atoms with Gasteiger partial charge in [0.05, 0.1) is 6.61 Å². The number of likely N-dealkylation sites (tertiary alicyclic amines) is 1. The van der Waals surface area contributed by atoms with Crippen LogP contribution in [0, 0.1) is 12.7 Å². The fraction of sp³-hybridized carbons (Fsp3) is 0.600. The lowest BCUT2D eigenvalue weighted by atomic mass is 10.1. The number of hydrogen-bond donors (Lipinski definition) is 0. The van der Waals surface area contributed by atoms with E-state index >= 15 is 0 Å². The second-order valence-corrected chi connectivity index (χ2v) is 5.04. The Morgan fingerprint density at radius 1 is 1.22 bits per heavy atom. The van der Waals surface area contributed by atoms with Crippen molar-refractivity contribution >= 4 is 0 Å². The fourth-order valence-corrected chi connectivity index (χ4v) is 2.37. The Hall–Kier alpha value is -1.09. The number of nitrogens with zero attached hydrogens (tertiary/aromatic N) is 1. The number of benzene rings is 1. The van der Waals surface area contributed by atoms with Gasteiger partial charge in [0.2, 0.25) is 0 Å². The summed E-state index contributed by atoms with van der Waals surface area (Å²) in [6, 6.07) is 4.99. The van der Waals surface area contributed by atoms with E-state index in [9.17, 15) is 4.39 Å². The first-order chi connectivity index (χ1) is 8.75. The highest BCUT2D eigenvalue weighted by molar-refractivity contribution is 5.29. The predicted octanol–water partition coefficient (Wildman–Crippen LogP) is 3.39. The van der Waals surface area contributed by atoms with Gasteiger partial charge in [0.15, 0.2) is 11.6 Å². The quantitative estimate of drug-likeness (QED) is 0.744. The molecule has 1 fully saturated rings. The summed E-state index contributed by atoms with van der Waals surface area (Å²) in [5.74, 6) is 0.118. The van der Waals surface area contributed by atoms with Crippen molar-refractivity contribution in [1.29, 1.82) is 0 Å². The van der Waals surface area contributed by atoms with Gasteiger partial charge in [-0.25, -0.2) is 4.39 Å². The summed E-state index contributed by atoms with van der Waals surface area (Å²) < 4.78 is 18.9. The van der Waals surface area contributed by atoms with E-state index in [0.29, 0.717) is 12.4 Å². The van der Waals surface area contributed by atoms with Gasteiger partial charge >= 0.3 is 0 Å². The zero-order valence-corrected chi connectivity index (χ0v) is 11.1. The molecule has 1 aromatic carbocycles. The summed E-state index contributed by atoms with van der Waals surface area (Å²) in [5, 5.41) is 0. The Kier molecular flexibility index (Phi) is 5.00. The Morgan fingerprint density at radius 2 is 2.00 bits per heavy atom. The summed E-state index contributed by atoms with van der Waals surface area (Å²) in [4.78, 5) is 2.47. The molecule has 1 aliphatic rings. The highest BCUT2D eigenvalue weighted by Crippen LogP contribution is 2.18. The molecule has 0 unspecified atom stereocenters. The van der Waals surface area contributed by atoms with Crippen LogP contribution >= 0.6 is 0 Å². The smallest absolute Gasteiger partial charge is 0.165 e. The van der Waals surface area contributed by atoms with Crippen LogP contribution in [0.1, 0.15) is 31.2 Å². The maximum atomic E-state index is 13.4. The molecule has 3 heteroatoms. The number of halogens is 1. The molecule has 0 atom stereocenters. The van der Waals surface area contributed by atoms with Gasteiger partial charge in [-0.3, -0.25) is 0 Å². The SMILES string of the molecule is Cc1ccc(F)c(OCCCN2CCCCC2)c1. The fourth-order valence-electron chi connectivity index (χ4n) is 2.37. The van der Waals surface area contributed by atoms with Crippen LogP contribution in [0.4, 0.5) is 4.39 Å². The van der Waals surface area contributed by atoms with E-state index in [4.69, 9.17) is 4.74 Å². The molecule has 0 aromatic heterocycles. The predicted molar refractivity (Wildman–Crippen MR) is 71.5 cm³/mol. The topological polar surface area (TPSA) is 12.5 Å². The van der Waals surface area contributed by atoms with Gasteiger partial charge < -0.3 is 9.64 Å². The van der Waals surface area contributed by atoms with Crippen LogP contribution in [0.25, 0.3) is 0 Å². The number of hydrogen-bond acceptors (Lipinski definition) is 2. The normalized spacial score (nSPS) is 16.8. The molecule has 1 aliphatic heterocycles. The van der Waals surface area contributed by atoms with E-state index in [0.717, 1.165) is 18.5 Å². The minimum absolute atomic E-state index is 0.265. The van der Waals surface area contributed by atoms with Crippen molar-refractivity contribution < 1.29 is 9.13 Å². The Labute approximate surface area is 109 Å². The largest absolute Gasteiger partial charge is 0.490 e. The molecule has 1 saturated heterocycles. The van der Waals surface area contributed by atoms with E-state index in [1.54, 1.807) is 12.1 Å². The standard InChI is InChI=1S/C15H22FNO/c1-13-6-7-14(16)15(12-13)18-11-5-10-17-8-3-2-4-9-17/h6-7,12H,2-5,8-11H2,1H3. The highest BCUT2D eigenvalue weighted by atomic mass is 19.1. The molecular weight excluding hydrogens is 229 g/mol. The van der Waals surface area contributed by atoms with E-state index in [1.165, 1.54) is 38.4 Å². The van der Waals surface area contributed by atoms with Gasteiger partial charge in [-0.05, 0) is 57.0 Å². The van der Waals surface area contributed by atoms with Crippen molar-refractivity contribution in [2.45, 2.75) is 32.6 Å². The van der Waals surface area contributed by atoms with Gasteiger partial charge in [-0.15, -0.1) is 0 Å². The van der Waals surface area contributed by atoms with E-state index < -0.39 is 0 Å². The molecule has 0 N–H and O–H groups in total. The molecular formula is C15H22FNO. The lowest BCUT2D eigenvalue weighted by Crippen LogP contribution is -2.31. The van der Waals surface area contributed by atoms with Crippen LogP contribution in [0.3, 0.4) is 0 Å². The average molecular weight is 251 g/mol. The minimum Gasteiger partial charge on any atom is -0.490 e. The van der Waals surface area contributed by atoms with Crippen molar-refractivity contribution in [2.75, 3.05) is 26.2 Å². The molecule has 0 aliphatic carbocycles. The number of rotatable bonds is 5. The molecule has 0 spiro atoms. The summed E-state index contributed by atoms with van der Waals surface area (Å²) in [5.41, 5.74) is 1.03. The maximum absolute atomic E-state index is 13.4. The zero-order chi connectivity index (χ0) is 12.8. The first-order valence-electron chi connectivity index (χ1n) is 6.87. The van der Waals surface area contributed by atoms with E-state index in [-0.39, 0.29) is 5.82 Å². The van der Waals surface area contributed by atoms with Gasteiger partial charge in [0.1, 0.15) is 0 Å². The van der Waals surface area contributed by atoms with Crippen LogP contribution in [-0.2, 0) is 0 Å². The third kappa shape index (κ3) is 3.98. The van der Waals surface area contributed by atoms with Gasteiger partial charge in [-0.1, -0.05) is 12.5 Å². The molecule has 0 saturated carbocycles. The van der Waals surface area contributed by atoms with Crippen molar-refractivity contribution in [1.82, 2.24) is 4.90 Å². The lowest BCUT2D eigenvalue weighted by Gasteiger charge is -2.26. The van der Waals surface area contributed by atoms with Crippen LogP contribution < -0.4 is 4.74 Å². The van der Waals surface area contributed by atoms with Crippen molar-refractivity contribution in [3.05, 3.63) is 29.6 Å². The monoisotopic (exact) mass is 251 g/mol. The number of aryl methyl sites for hydroxylation is 1. The second-order valence-electron chi connectivity index (χ2n) is 5.04. The van der Waals surface area contributed by atoms with Gasteiger partial charge in [-0.2, -0.15) is 0 Å². The second kappa shape index (κ2) is 6.74. The molecule has 2 nitrogen and oxygen atoms in total. The van der Waals surface area contributed by atoms with Crippen LogP contribution in [0.5, 0.6) is 5.75 Å². The Balaban J connectivity index is 1.69. The number of ether oxygens (including phenoxy) is 1. The zero-order valence-electron chi connectivity index (χ0n) is 11.1. The highest BCUT2D eigenvalue weighted by Gasteiger charge is 2.09. The molecule has 18 heavy (non-hydrogen) atoms. The molecule has 0 bridgehead atoms.